The largest absolute Gasteiger partial charge is 0.0910 e. The molecule has 2 rings (SSSR count). The topological polar surface area (TPSA) is 0 Å². The maximum absolute atomic E-state index is 2.34. The summed E-state index contributed by atoms with van der Waals surface area (Å²) in [6.45, 7) is 6.67. The Morgan fingerprint density at radius 1 is 1.22 bits per heavy atom. The number of hydrogen-bond acceptors (Lipinski definition) is 0. The molecule has 1 aliphatic carbocycles. The predicted molar refractivity (Wildman–Crippen MR) is 79.8 cm³/mol. The molecule has 18 heavy (non-hydrogen) atoms. The molecule has 94 valence electrons. The van der Waals surface area contributed by atoms with Crippen molar-refractivity contribution in [2.45, 2.75) is 32.6 Å². The predicted octanol–water partition coefficient (Wildman–Crippen LogP) is 4.83. The number of aryl methyl sites for hydroxylation is 1. The van der Waals surface area contributed by atoms with Crippen LogP contribution < -0.4 is 0 Å². The third-order valence-electron chi connectivity index (χ3n) is 3.94. The van der Waals surface area contributed by atoms with Crippen molar-refractivity contribution in [3.05, 3.63) is 71.8 Å². The standard InChI is InChI=1S/C18H22/c1-4-10-16-12-8-9-14-18(16,3)17-13-7-6-11-15(17)5-2/h4,6-14,16H,5H2,1-3H3. The van der Waals surface area contributed by atoms with E-state index in [0.717, 1.165) is 6.42 Å². The number of hydrogen-bond donors (Lipinski definition) is 0. The van der Waals surface area contributed by atoms with Gasteiger partial charge in [-0.3, -0.25) is 0 Å². The maximum Gasteiger partial charge on any atom is 0.0207 e. The lowest BCUT2D eigenvalue weighted by molar-refractivity contribution is 0.494. The normalized spacial score (nSPS) is 26.9. The van der Waals surface area contributed by atoms with Crippen molar-refractivity contribution in [1.82, 2.24) is 0 Å². The fourth-order valence-electron chi connectivity index (χ4n) is 2.85. The van der Waals surface area contributed by atoms with E-state index in [1.807, 2.05) is 0 Å². The second-order valence-electron chi connectivity index (χ2n) is 5.09. The van der Waals surface area contributed by atoms with Crippen molar-refractivity contribution in [2.24, 2.45) is 5.92 Å². The van der Waals surface area contributed by atoms with E-state index < -0.39 is 0 Å². The molecule has 1 aromatic carbocycles. The quantitative estimate of drug-likeness (QED) is 0.662. The second-order valence-corrected chi connectivity index (χ2v) is 5.09. The monoisotopic (exact) mass is 238 g/mol. The molecule has 0 spiro atoms. The van der Waals surface area contributed by atoms with Gasteiger partial charge in [0.1, 0.15) is 0 Å². The molecule has 0 saturated carbocycles. The first kappa shape index (κ1) is 12.9. The van der Waals surface area contributed by atoms with E-state index in [1.165, 1.54) is 11.1 Å². The van der Waals surface area contributed by atoms with Gasteiger partial charge in [0.25, 0.3) is 0 Å². The highest BCUT2D eigenvalue weighted by Gasteiger charge is 2.32. The number of allylic oxidation sites excluding steroid dienone is 6. The summed E-state index contributed by atoms with van der Waals surface area (Å²) in [5.74, 6) is 0.445. The zero-order valence-electron chi connectivity index (χ0n) is 11.6. The van der Waals surface area contributed by atoms with Crippen LogP contribution in [0.25, 0.3) is 0 Å². The summed E-state index contributed by atoms with van der Waals surface area (Å²) < 4.78 is 0. The Morgan fingerprint density at radius 2 is 2.00 bits per heavy atom. The molecule has 0 aromatic heterocycles. The van der Waals surface area contributed by atoms with Gasteiger partial charge >= 0.3 is 0 Å². The van der Waals surface area contributed by atoms with E-state index in [-0.39, 0.29) is 5.41 Å². The van der Waals surface area contributed by atoms with Crippen molar-refractivity contribution >= 4 is 0 Å². The van der Waals surface area contributed by atoms with E-state index in [1.54, 1.807) is 0 Å². The summed E-state index contributed by atoms with van der Waals surface area (Å²) in [7, 11) is 0. The minimum atomic E-state index is 0.0772. The van der Waals surface area contributed by atoms with Gasteiger partial charge < -0.3 is 0 Å². The average Bonchev–Trinajstić information content (AvgIpc) is 2.42. The van der Waals surface area contributed by atoms with Crippen LogP contribution in [0.1, 0.15) is 31.9 Å². The molecule has 0 saturated heterocycles. The molecule has 2 atom stereocenters. The lowest BCUT2D eigenvalue weighted by atomic mass is 9.68. The van der Waals surface area contributed by atoms with Crippen LogP contribution in [-0.2, 0) is 11.8 Å². The highest BCUT2D eigenvalue weighted by atomic mass is 14.4. The van der Waals surface area contributed by atoms with Gasteiger partial charge in [0, 0.05) is 11.3 Å². The molecule has 0 nitrogen and oxygen atoms in total. The van der Waals surface area contributed by atoms with Crippen LogP contribution in [0, 0.1) is 5.92 Å². The van der Waals surface area contributed by atoms with Gasteiger partial charge in [0.2, 0.25) is 0 Å². The van der Waals surface area contributed by atoms with Gasteiger partial charge in [0.05, 0.1) is 0 Å². The molecule has 0 bridgehead atoms. The molecule has 0 aliphatic heterocycles. The average molecular weight is 238 g/mol. The van der Waals surface area contributed by atoms with Gasteiger partial charge in [-0.1, -0.05) is 74.6 Å². The molecule has 0 N–H and O–H groups in total. The fraction of sp³-hybridized carbons (Fsp3) is 0.333. The van der Waals surface area contributed by atoms with Crippen LogP contribution in [0.4, 0.5) is 0 Å². The summed E-state index contributed by atoms with van der Waals surface area (Å²) in [6, 6.07) is 8.82. The second kappa shape index (κ2) is 5.39. The fourth-order valence-corrected chi connectivity index (χ4v) is 2.85. The van der Waals surface area contributed by atoms with Crippen LogP contribution in [0.2, 0.25) is 0 Å². The Balaban J connectivity index is 2.51. The van der Waals surface area contributed by atoms with Crippen molar-refractivity contribution in [3.8, 4) is 0 Å². The Labute approximate surface area is 111 Å². The Hall–Kier alpha value is -1.56. The first-order chi connectivity index (χ1) is 8.72. The minimum Gasteiger partial charge on any atom is -0.0910 e. The minimum absolute atomic E-state index is 0.0772. The maximum atomic E-state index is 2.34. The number of rotatable bonds is 3. The molecular formula is C18H22. The molecule has 0 heteroatoms. The van der Waals surface area contributed by atoms with Crippen LogP contribution in [-0.4, -0.2) is 0 Å². The Bertz CT molecular complexity index is 491. The first-order valence-corrected chi connectivity index (χ1v) is 6.79. The highest BCUT2D eigenvalue weighted by Crippen LogP contribution is 2.39. The van der Waals surface area contributed by atoms with Crippen molar-refractivity contribution < 1.29 is 0 Å². The Kier molecular flexibility index (Phi) is 3.86. The molecular weight excluding hydrogens is 216 g/mol. The zero-order valence-corrected chi connectivity index (χ0v) is 11.6. The SMILES string of the molecule is CC=CC1C=CC=CC1(C)c1ccccc1CC. The molecule has 0 radical (unpaired) electrons. The summed E-state index contributed by atoms with van der Waals surface area (Å²) in [6.07, 6.45) is 14.5. The summed E-state index contributed by atoms with van der Waals surface area (Å²) in [5, 5.41) is 0. The molecule has 0 fully saturated rings. The molecule has 0 heterocycles. The number of benzene rings is 1. The first-order valence-electron chi connectivity index (χ1n) is 6.79. The lowest BCUT2D eigenvalue weighted by Gasteiger charge is -2.35. The molecule has 1 aliphatic rings. The summed E-state index contributed by atoms with van der Waals surface area (Å²) >= 11 is 0. The van der Waals surface area contributed by atoms with Gasteiger partial charge in [-0.05, 0) is 24.5 Å². The van der Waals surface area contributed by atoms with E-state index >= 15 is 0 Å². The smallest absolute Gasteiger partial charge is 0.0207 e. The van der Waals surface area contributed by atoms with E-state index in [0.29, 0.717) is 5.92 Å². The highest BCUT2D eigenvalue weighted by molar-refractivity contribution is 5.43. The molecule has 1 aromatic rings. The van der Waals surface area contributed by atoms with Crippen molar-refractivity contribution in [3.63, 3.8) is 0 Å². The van der Waals surface area contributed by atoms with Crippen LogP contribution in [0.3, 0.4) is 0 Å². The van der Waals surface area contributed by atoms with Gasteiger partial charge in [-0.25, -0.2) is 0 Å². The van der Waals surface area contributed by atoms with Gasteiger partial charge in [-0.2, -0.15) is 0 Å². The Morgan fingerprint density at radius 3 is 2.72 bits per heavy atom. The van der Waals surface area contributed by atoms with Gasteiger partial charge in [-0.15, -0.1) is 0 Å². The van der Waals surface area contributed by atoms with Crippen molar-refractivity contribution in [2.75, 3.05) is 0 Å². The van der Waals surface area contributed by atoms with E-state index in [4.69, 9.17) is 0 Å². The van der Waals surface area contributed by atoms with Crippen LogP contribution >= 0.6 is 0 Å². The third-order valence-corrected chi connectivity index (χ3v) is 3.94. The lowest BCUT2D eigenvalue weighted by Crippen LogP contribution is -2.30. The summed E-state index contributed by atoms with van der Waals surface area (Å²) in [4.78, 5) is 0. The summed E-state index contributed by atoms with van der Waals surface area (Å²) in [5.41, 5.74) is 2.99. The van der Waals surface area contributed by atoms with E-state index in [2.05, 4.69) is 81.5 Å². The third kappa shape index (κ3) is 2.20. The molecule has 0 amide bonds. The van der Waals surface area contributed by atoms with Crippen LogP contribution in [0.5, 0.6) is 0 Å². The zero-order chi connectivity index (χ0) is 13.0. The van der Waals surface area contributed by atoms with E-state index in [9.17, 15) is 0 Å². The van der Waals surface area contributed by atoms with Gasteiger partial charge in [0.15, 0.2) is 0 Å². The molecule has 2 unspecified atom stereocenters. The van der Waals surface area contributed by atoms with Crippen LogP contribution in [0.15, 0.2) is 60.7 Å². The van der Waals surface area contributed by atoms with Crippen molar-refractivity contribution in [1.29, 1.82) is 0 Å².